The Balaban J connectivity index is 1.48. The number of halogens is 1. The van der Waals surface area contributed by atoms with Crippen LogP contribution in [0.2, 0.25) is 0 Å². The Morgan fingerprint density at radius 3 is 2.83 bits per heavy atom. The van der Waals surface area contributed by atoms with Crippen LogP contribution in [0.1, 0.15) is 30.2 Å². The van der Waals surface area contributed by atoms with E-state index < -0.39 is 0 Å². The van der Waals surface area contributed by atoms with Gasteiger partial charge in [-0.3, -0.25) is 9.78 Å². The molecule has 1 N–H and O–H groups in total. The minimum atomic E-state index is -0.254. The van der Waals surface area contributed by atoms with Gasteiger partial charge < -0.3 is 10.1 Å². The Kier molecular flexibility index (Phi) is 5.54. The van der Waals surface area contributed by atoms with Gasteiger partial charge in [-0.05, 0) is 42.7 Å². The first kappa shape index (κ1) is 16.6. The molecular weight excluding hydrogens is 307 g/mol. The highest BCUT2D eigenvalue weighted by Gasteiger charge is 2.29. The molecule has 0 radical (unpaired) electrons. The summed E-state index contributed by atoms with van der Waals surface area (Å²) in [6, 6.07) is 12.1. The lowest BCUT2D eigenvalue weighted by Gasteiger charge is -2.19. The number of ether oxygens (including phenoxy) is 1. The summed E-state index contributed by atoms with van der Waals surface area (Å²) in [4.78, 5) is 16.2. The molecule has 0 unspecified atom stereocenters. The van der Waals surface area contributed by atoms with Crippen LogP contribution < -0.4 is 5.32 Å². The van der Waals surface area contributed by atoms with Crippen molar-refractivity contribution in [3.63, 3.8) is 0 Å². The number of amides is 1. The normalized spacial score (nSPS) is 20.0. The van der Waals surface area contributed by atoms with Crippen molar-refractivity contribution in [1.29, 1.82) is 0 Å². The molecule has 0 saturated carbocycles. The average molecular weight is 328 g/mol. The van der Waals surface area contributed by atoms with E-state index in [2.05, 4.69) is 10.3 Å². The van der Waals surface area contributed by atoms with Crippen LogP contribution in [0.4, 0.5) is 4.39 Å². The van der Waals surface area contributed by atoms with Gasteiger partial charge in [0.05, 0.1) is 6.10 Å². The van der Waals surface area contributed by atoms with E-state index in [4.69, 9.17) is 4.74 Å². The Bertz CT molecular complexity index is 661. The fraction of sp³-hybridized carbons (Fsp3) is 0.368. The van der Waals surface area contributed by atoms with E-state index in [0.29, 0.717) is 26.0 Å². The number of rotatable bonds is 6. The van der Waals surface area contributed by atoms with Gasteiger partial charge in [0, 0.05) is 37.4 Å². The predicted octanol–water partition coefficient (Wildman–Crippen LogP) is 3.05. The second kappa shape index (κ2) is 8.02. The van der Waals surface area contributed by atoms with E-state index in [0.717, 1.165) is 17.7 Å². The number of pyridine rings is 1. The van der Waals surface area contributed by atoms with Crippen LogP contribution in [0.5, 0.6) is 0 Å². The molecule has 3 rings (SSSR count). The molecule has 1 aromatic carbocycles. The number of carbonyl (C=O) groups is 1. The summed E-state index contributed by atoms with van der Waals surface area (Å²) < 4.78 is 18.8. The number of nitrogens with one attached hydrogen (secondary N) is 1. The average Bonchev–Trinajstić information content (AvgIpc) is 3.08. The van der Waals surface area contributed by atoms with Crippen molar-refractivity contribution in [2.24, 2.45) is 5.92 Å². The summed E-state index contributed by atoms with van der Waals surface area (Å²) in [6.07, 6.45) is 3.60. The number of carbonyl (C=O) groups excluding carboxylic acids is 1. The highest BCUT2D eigenvalue weighted by atomic mass is 19.1. The van der Waals surface area contributed by atoms with E-state index in [1.165, 1.54) is 12.1 Å². The van der Waals surface area contributed by atoms with E-state index in [-0.39, 0.29) is 23.7 Å². The molecule has 126 valence electrons. The molecule has 1 aliphatic heterocycles. The quantitative estimate of drug-likeness (QED) is 0.887. The van der Waals surface area contributed by atoms with E-state index in [1.807, 2.05) is 18.2 Å². The Hall–Kier alpha value is -2.27. The Morgan fingerprint density at radius 2 is 2.08 bits per heavy atom. The fourth-order valence-corrected chi connectivity index (χ4v) is 2.98. The lowest BCUT2D eigenvalue weighted by Crippen LogP contribution is -2.30. The molecule has 1 aromatic heterocycles. The van der Waals surface area contributed by atoms with Crippen LogP contribution in [0, 0.1) is 11.7 Å². The number of aromatic nitrogens is 1. The monoisotopic (exact) mass is 328 g/mol. The highest BCUT2D eigenvalue weighted by Crippen LogP contribution is 2.34. The lowest BCUT2D eigenvalue weighted by molar-refractivity contribution is -0.121. The molecule has 2 atom stereocenters. The van der Waals surface area contributed by atoms with E-state index in [1.54, 1.807) is 18.3 Å². The molecule has 2 heterocycles. The molecule has 5 heteroatoms. The number of hydrogen-bond acceptors (Lipinski definition) is 3. The van der Waals surface area contributed by atoms with Gasteiger partial charge in [-0.25, -0.2) is 4.39 Å². The molecular formula is C19H21FN2O2. The summed E-state index contributed by atoms with van der Waals surface area (Å²) in [7, 11) is 0. The zero-order chi connectivity index (χ0) is 16.8. The molecule has 2 aromatic rings. The fourth-order valence-electron chi connectivity index (χ4n) is 2.98. The Morgan fingerprint density at radius 1 is 1.25 bits per heavy atom. The zero-order valence-corrected chi connectivity index (χ0v) is 13.5. The van der Waals surface area contributed by atoms with Crippen molar-refractivity contribution in [2.75, 3.05) is 13.2 Å². The van der Waals surface area contributed by atoms with Crippen LogP contribution in [0.15, 0.2) is 48.7 Å². The maximum absolute atomic E-state index is 13.0. The number of hydrogen-bond donors (Lipinski definition) is 1. The van der Waals surface area contributed by atoms with Gasteiger partial charge >= 0.3 is 0 Å². The minimum Gasteiger partial charge on any atom is -0.373 e. The summed E-state index contributed by atoms with van der Waals surface area (Å²) in [5.74, 6) is -0.0178. The molecule has 0 spiro atoms. The second-order valence-corrected chi connectivity index (χ2v) is 6.02. The summed E-state index contributed by atoms with van der Waals surface area (Å²) in [6.45, 7) is 1.24. The van der Waals surface area contributed by atoms with E-state index >= 15 is 0 Å². The van der Waals surface area contributed by atoms with Gasteiger partial charge in [0.1, 0.15) is 5.82 Å². The van der Waals surface area contributed by atoms with Crippen molar-refractivity contribution < 1.29 is 13.9 Å². The number of aryl methyl sites for hydroxylation is 1. The number of benzene rings is 1. The Labute approximate surface area is 141 Å². The van der Waals surface area contributed by atoms with Crippen molar-refractivity contribution in [2.45, 2.75) is 25.4 Å². The highest BCUT2D eigenvalue weighted by molar-refractivity contribution is 5.76. The van der Waals surface area contributed by atoms with Gasteiger partial charge in [-0.15, -0.1) is 0 Å². The van der Waals surface area contributed by atoms with Crippen molar-refractivity contribution in [1.82, 2.24) is 10.3 Å². The van der Waals surface area contributed by atoms with Gasteiger partial charge in [0.15, 0.2) is 0 Å². The van der Waals surface area contributed by atoms with Crippen LogP contribution in [0.3, 0.4) is 0 Å². The lowest BCUT2D eigenvalue weighted by atomic mass is 9.95. The largest absolute Gasteiger partial charge is 0.373 e. The summed E-state index contributed by atoms with van der Waals surface area (Å²) in [5, 5.41) is 2.99. The molecule has 1 aliphatic rings. The van der Waals surface area contributed by atoms with Crippen molar-refractivity contribution in [3.05, 3.63) is 65.7 Å². The second-order valence-electron chi connectivity index (χ2n) is 6.02. The number of nitrogens with zero attached hydrogens (tertiary/aromatic N) is 1. The topological polar surface area (TPSA) is 51.2 Å². The molecule has 1 saturated heterocycles. The minimum absolute atomic E-state index is 0.0189. The maximum atomic E-state index is 13.0. The third kappa shape index (κ3) is 4.38. The third-order valence-electron chi connectivity index (χ3n) is 4.31. The van der Waals surface area contributed by atoms with Crippen molar-refractivity contribution in [3.8, 4) is 0 Å². The first-order valence-electron chi connectivity index (χ1n) is 8.26. The van der Waals surface area contributed by atoms with Gasteiger partial charge in [-0.2, -0.15) is 0 Å². The third-order valence-corrected chi connectivity index (χ3v) is 4.31. The molecule has 4 nitrogen and oxygen atoms in total. The maximum Gasteiger partial charge on any atom is 0.220 e. The molecule has 0 bridgehead atoms. The zero-order valence-electron chi connectivity index (χ0n) is 13.5. The van der Waals surface area contributed by atoms with Crippen LogP contribution in [-0.4, -0.2) is 24.0 Å². The smallest absolute Gasteiger partial charge is 0.220 e. The summed E-state index contributed by atoms with van der Waals surface area (Å²) in [5.41, 5.74) is 1.88. The van der Waals surface area contributed by atoms with Gasteiger partial charge in [-0.1, -0.05) is 18.2 Å². The van der Waals surface area contributed by atoms with Crippen molar-refractivity contribution >= 4 is 5.91 Å². The van der Waals surface area contributed by atoms with E-state index in [9.17, 15) is 9.18 Å². The molecule has 1 amide bonds. The SMILES string of the molecule is O=C(CCc1ccccn1)NC[C@@H]1CCO[C@H]1c1ccc(F)cc1. The molecule has 24 heavy (non-hydrogen) atoms. The predicted molar refractivity (Wildman–Crippen MR) is 88.8 cm³/mol. The standard InChI is InChI=1S/C19H21FN2O2/c20-16-6-4-14(5-7-16)19-15(10-12-24-19)13-22-18(23)9-8-17-3-1-2-11-21-17/h1-7,11,15,19H,8-10,12-13H2,(H,22,23)/t15-,19-/m0/s1. The summed E-state index contributed by atoms with van der Waals surface area (Å²) >= 11 is 0. The first-order chi connectivity index (χ1) is 11.7. The first-order valence-corrected chi connectivity index (χ1v) is 8.26. The van der Waals surface area contributed by atoms with Crippen LogP contribution in [0.25, 0.3) is 0 Å². The molecule has 0 aliphatic carbocycles. The van der Waals surface area contributed by atoms with Gasteiger partial charge in [0.25, 0.3) is 0 Å². The van der Waals surface area contributed by atoms with Gasteiger partial charge in [0.2, 0.25) is 5.91 Å². The van der Waals surface area contributed by atoms with Crippen LogP contribution >= 0.6 is 0 Å². The van der Waals surface area contributed by atoms with Crippen LogP contribution in [-0.2, 0) is 16.0 Å². The molecule has 1 fully saturated rings.